The molecular weight excluding hydrogens is 330 g/mol. The molecule has 1 unspecified atom stereocenters. The monoisotopic (exact) mass is 349 g/mol. The first kappa shape index (κ1) is 18.1. The van der Waals surface area contributed by atoms with Gasteiger partial charge in [0.1, 0.15) is 17.6 Å². The molecule has 2 rings (SSSR count). The summed E-state index contributed by atoms with van der Waals surface area (Å²) >= 11 is 6.15. The lowest BCUT2D eigenvalue weighted by atomic mass is 10.1. The van der Waals surface area contributed by atoms with E-state index in [0.717, 1.165) is 5.56 Å². The molecule has 0 heterocycles. The Morgan fingerprint density at radius 1 is 1.12 bits per heavy atom. The largest absolute Gasteiger partial charge is 0.497 e. The van der Waals surface area contributed by atoms with E-state index >= 15 is 0 Å². The van der Waals surface area contributed by atoms with Gasteiger partial charge in [-0.05, 0) is 18.2 Å². The topological polar surface area (TPSA) is 56.8 Å². The quantitative estimate of drug-likeness (QED) is 0.795. The van der Waals surface area contributed by atoms with Crippen LogP contribution in [-0.2, 0) is 9.53 Å². The molecule has 0 spiro atoms. The number of halogens is 1. The van der Waals surface area contributed by atoms with Gasteiger partial charge in [0.2, 0.25) is 0 Å². The molecule has 0 aliphatic carbocycles. The van der Waals surface area contributed by atoms with Crippen LogP contribution in [-0.4, -0.2) is 33.3 Å². The summed E-state index contributed by atoms with van der Waals surface area (Å²) in [6, 6.07) is 14.5. The molecule has 0 fully saturated rings. The van der Waals surface area contributed by atoms with Gasteiger partial charge in [0.05, 0.1) is 7.11 Å². The molecule has 0 saturated heterocycles. The van der Waals surface area contributed by atoms with E-state index in [-0.39, 0.29) is 18.6 Å². The number of rotatable bonds is 8. The third-order valence-corrected chi connectivity index (χ3v) is 3.78. The molecule has 5 nitrogen and oxygen atoms in total. The molecule has 1 amide bonds. The Balaban J connectivity index is 1.84. The number of nitrogens with one attached hydrogen (secondary N) is 1. The highest BCUT2D eigenvalue weighted by atomic mass is 35.5. The van der Waals surface area contributed by atoms with E-state index in [9.17, 15) is 4.79 Å². The number of ether oxygens (including phenoxy) is 3. The lowest BCUT2D eigenvalue weighted by Crippen LogP contribution is -2.33. The molecule has 6 heteroatoms. The van der Waals surface area contributed by atoms with Gasteiger partial charge in [-0.15, -0.1) is 0 Å². The van der Waals surface area contributed by atoms with E-state index in [4.69, 9.17) is 25.8 Å². The normalized spacial score (nSPS) is 11.6. The Morgan fingerprint density at radius 3 is 2.58 bits per heavy atom. The van der Waals surface area contributed by atoms with Gasteiger partial charge in [-0.25, -0.2) is 0 Å². The summed E-state index contributed by atoms with van der Waals surface area (Å²) in [5.74, 6) is 0.997. The maximum absolute atomic E-state index is 12.0. The van der Waals surface area contributed by atoms with E-state index in [1.807, 2.05) is 18.2 Å². The van der Waals surface area contributed by atoms with Crippen molar-refractivity contribution in [3.8, 4) is 11.5 Å². The molecule has 1 atom stereocenters. The second kappa shape index (κ2) is 9.15. The van der Waals surface area contributed by atoms with Crippen LogP contribution in [0.25, 0.3) is 0 Å². The minimum absolute atomic E-state index is 0.0911. The molecule has 0 bridgehead atoms. The zero-order valence-electron chi connectivity index (χ0n) is 13.6. The predicted octanol–water partition coefficient (Wildman–Crippen LogP) is 3.23. The lowest BCUT2D eigenvalue weighted by molar-refractivity contribution is -0.123. The van der Waals surface area contributed by atoms with Crippen LogP contribution >= 0.6 is 11.6 Å². The van der Waals surface area contributed by atoms with Gasteiger partial charge in [0, 0.05) is 30.3 Å². The van der Waals surface area contributed by atoms with Gasteiger partial charge >= 0.3 is 0 Å². The van der Waals surface area contributed by atoms with Crippen molar-refractivity contribution in [3.05, 3.63) is 59.1 Å². The van der Waals surface area contributed by atoms with Crippen LogP contribution in [0.15, 0.2) is 48.5 Å². The molecule has 1 N–H and O–H groups in total. The molecule has 128 valence electrons. The van der Waals surface area contributed by atoms with Gasteiger partial charge in [0.15, 0.2) is 6.61 Å². The van der Waals surface area contributed by atoms with Gasteiger partial charge in [-0.2, -0.15) is 0 Å². The Labute approximate surface area is 146 Å². The van der Waals surface area contributed by atoms with Crippen molar-refractivity contribution < 1.29 is 19.0 Å². The van der Waals surface area contributed by atoms with Crippen LogP contribution < -0.4 is 14.8 Å². The highest BCUT2D eigenvalue weighted by molar-refractivity contribution is 6.31. The molecule has 0 aliphatic rings. The van der Waals surface area contributed by atoms with Gasteiger partial charge in [-0.1, -0.05) is 35.9 Å². The Bertz CT molecular complexity index is 678. The van der Waals surface area contributed by atoms with Crippen molar-refractivity contribution in [2.75, 3.05) is 27.4 Å². The average Bonchev–Trinajstić information content (AvgIpc) is 2.62. The highest BCUT2D eigenvalue weighted by Crippen LogP contribution is 2.24. The summed E-state index contributed by atoms with van der Waals surface area (Å²) in [5, 5.41) is 3.38. The van der Waals surface area contributed by atoms with Crippen molar-refractivity contribution in [1.29, 1.82) is 0 Å². The average molecular weight is 350 g/mol. The third-order valence-electron chi connectivity index (χ3n) is 3.43. The van der Waals surface area contributed by atoms with Gasteiger partial charge < -0.3 is 19.5 Å². The summed E-state index contributed by atoms with van der Waals surface area (Å²) in [6.45, 7) is 0.215. The molecule has 2 aromatic rings. The second-order valence-electron chi connectivity index (χ2n) is 5.02. The molecule has 0 radical (unpaired) electrons. The minimum Gasteiger partial charge on any atom is -0.497 e. The van der Waals surface area contributed by atoms with Gasteiger partial charge in [-0.3, -0.25) is 4.79 Å². The van der Waals surface area contributed by atoms with Crippen molar-refractivity contribution in [1.82, 2.24) is 5.32 Å². The summed E-state index contributed by atoms with van der Waals surface area (Å²) in [7, 11) is 3.15. The van der Waals surface area contributed by atoms with Crippen LogP contribution in [0.3, 0.4) is 0 Å². The number of benzene rings is 2. The van der Waals surface area contributed by atoms with E-state index < -0.39 is 0 Å². The smallest absolute Gasteiger partial charge is 0.258 e. The van der Waals surface area contributed by atoms with Crippen molar-refractivity contribution in [2.45, 2.75) is 6.10 Å². The van der Waals surface area contributed by atoms with Crippen LogP contribution in [0.2, 0.25) is 5.02 Å². The van der Waals surface area contributed by atoms with E-state index in [1.54, 1.807) is 44.6 Å². The lowest BCUT2D eigenvalue weighted by Gasteiger charge is -2.18. The summed E-state index contributed by atoms with van der Waals surface area (Å²) in [4.78, 5) is 12.0. The van der Waals surface area contributed by atoms with Crippen molar-refractivity contribution in [2.24, 2.45) is 0 Å². The molecular formula is C18H20ClNO4. The second-order valence-corrected chi connectivity index (χ2v) is 5.42. The molecule has 0 saturated carbocycles. The number of hydrogen-bond donors (Lipinski definition) is 1. The first-order valence-electron chi connectivity index (χ1n) is 7.44. The minimum atomic E-state index is -0.320. The molecule has 2 aromatic carbocycles. The van der Waals surface area contributed by atoms with Gasteiger partial charge in [0.25, 0.3) is 5.91 Å². The number of carbonyl (C=O) groups excluding carboxylic acids is 1. The fraction of sp³-hybridized carbons (Fsp3) is 0.278. The third kappa shape index (κ3) is 5.15. The van der Waals surface area contributed by atoms with Crippen LogP contribution in [0.5, 0.6) is 11.5 Å². The SMILES string of the molecule is COc1cccc(OCC(=O)NCC(OC)c2ccccc2Cl)c1. The Kier molecular flexibility index (Phi) is 6.90. The van der Waals surface area contributed by atoms with E-state index in [2.05, 4.69) is 5.32 Å². The Hall–Kier alpha value is -2.24. The standard InChI is InChI=1S/C18H20ClNO4/c1-22-13-6-5-7-14(10-13)24-12-18(21)20-11-17(23-2)15-8-3-4-9-16(15)19/h3-10,17H,11-12H2,1-2H3,(H,20,21). The molecule has 0 aromatic heterocycles. The van der Waals surface area contributed by atoms with Crippen LogP contribution in [0.4, 0.5) is 0 Å². The van der Waals surface area contributed by atoms with Crippen LogP contribution in [0, 0.1) is 0 Å². The number of carbonyl (C=O) groups is 1. The number of methoxy groups -OCH3 is 2. The fourth-order valence-corrected chi connectivity index (χ4v) is 2.41. The van der Waals surface area contributed by atoms with E-state index in [0.29, 0.717) is 23.1 Å². The zero-order chi connectivity index (χ0) is 17.4. The fourth-order valence-electron chi connectivity index (χ4n) is 2.15. The van der Waals surface area contributed by atoms with Crippen molar-refractivity contribution >= 4 is 17.5 Å². The summed E-state index contributed by atoms with van der Waals surface area (Å²) < 4.78 is 16.0. The number of amides is 1. The molecule has 0 aliphatic heterocycles. The molecule has 24 heavy (non-hydrogen) atoms. The van der Waals surface area contributed by atoms with E-state index in [1.165, 1.54) is 0 Å². The first-order chi connectivity index (χ1) is 11.6. The summed E-state index contributed by atoms with van der Waals surface area (Å²) in [6.07, 6.45) is -0.320. The zero-order valence-corrected chi connectivity index (χ0v) is 14.4. The highest BCUT2D eigenvalue weighted by Gasteiger charge is 2.15. The maximum atomic E-state index is 12.0. The predicted molar refractivity (Wildman–Crippen MR) is 92.7 cm³/mol. The van der Waals surface area contributed by atoms with Crippen LogP contribution in [0.1, 0.15) is 11.7 Å². The first-order valence-corrected chi connectivity index (χ1v) is 7.82. The maximum Gasteiger partial charge on any atom is 0.258 e. The van der Waals surface area contributed by atoms with Crippen molar-refractivity contribution in [3.63, 3.8) is 0 Å². The summed E-state index contributed by atoms with van der Waals surface area (Å²) in [5.41, 5.74) is 0.829. The Morgan fingerprint density at radius 2 is 1.88 bits per heavy atom. The number of hydrogen-bond acceptors (Lipinski definition) is 4.